The van der Waals surface area contributed by atoms with Crippen LogP contribution in [0.5, 0.6) is 0 Å². The molecule has 1 heterocycles. The first-order valence-corrected chi connectivity index (χ1v) is 6.22. The summed E-state index contributed by atoms with van der Waals surface area (Å²) in [5.41, 5.74) is -0.652. The summed E-state index contributed by atoms with van der Waals surface area (Å²) in [6, 6.07) is 6.26. The molecular weight excluding hydrogens is 287 g/mol. The molecule has 0 saturated carbocycles. The number of pyridine rings is 1. The molecule has 0 bridgehead atoms. The number of hydrogen-bond donors (Lipinski definition) is 1. The lowest BCUT2D eigenvalue weighted by Crippen LogP contribution is -2.19. The van der Waals surface area contributed by atoms with E-state index < -0.39 is 29.6 Å². The first kappa shape index (κ1) is 15.1. The summed E-state index contributed by atoms with van der Waals surface area (Å²) < 4.78 is 38.0. The number of aryl methyl sites for hydroxylation is 1. The lowest BCUT2D eigenvalue weighted by Gasteiger charge is -2.13. The van der Waals surface area contributed by atoms with E-state index in [-0.39, 0.29) is 18.4 Å². The molecule has 21 heavy (non-hydrogen) atoms. The Hall–Kier alpha value is -2.31. The molecule has 4 nitrogen and oxygen atoms in total. The number of alkyl halides is 3. The zero-order valence-electron chi connectivity index (χ0n) is 10.9. The van der Waals surface area contributed by atoms with E-state index in [9.17, 15) is 22.8 Å². The van der Waals surface area contributed by atoms with E-state index in [4.69, 9.17) is 5.11 Å². The Bertz CT molecular complexity index is 734. The van der Waals surface area contributed by atoms with Gasteiger partial charge < -0.3 is 9.67 Å². The summed E-state index contributed by atoms with van der Waals surface area (Å²) >= 11 is 0. The average molecular weight is 299 g/mol. The third kappa shape index (κ3) is 3.42. The fraction of sp³-hybridized carbons (Fsp3) is 0.286. The highest BCUT2D eigenvalue weighted by Crippen LogP contribution is 2.22. The Balaban J connectivity index is 2.45. The van der Waals surface area contributed by atoms with E-state index >= 15 is 0 Å². The van der Waals surface area contributed by atoms with E-state index in [1.165, 1.54) is 10.6 Å². The van der Waals surface area contributed by atoms with Crippen LogP contribution in [0.4, 0.5) is 13.2 Å². The number of aromatic carboxylic acids is 1. The number of halogens is 3. The summed E-state index contributed by atoms with van der Waals surface area (Å²) in [7, 11) is 0. The molecule has 0 saturated heterocycles. The Morgan fingerprint density at radius 1 is 1.24 bits per heavy atom. The molecule has 0 aliphatic carbocycles. The highest BCUT2D eigenvalue weighted by Gasteiger charge is 2.26. The van der Waals surface area contributed by atoms with Gasteiger partial charge in [-0.1, -0.05) is 12.1 Å². The Morgan fingerprint density at radius 2 is 1.90 bits per heavy atom. The predicted octanol–water partition coefficient (Wildman–Crippen LogP) is 3.04. The van der Waals surface area contributed by atoms with E-state index in [0.29, 0.717) is 5.52 Å². The van der Waals surface area contributed by atoms with Crippen LogP contribution in [0, 0.1) is 0 Å². The smallest absolute Gasteiger partial charge is 0.389 e. The topological polar surface area (TPSA) is 59.3 Å². The van der Waals surface area contributed by atoms with E-state index in [0.717, 1.165) is 6.20 Å². The zero-order valence-corrected chi connectivity index (χ0v) is 10.9. The number of para-hydroxylation sites is 1. The standard InChI is InChI=1S/C14H12F3NO3/c15-14(16,17)6-3-7-18-8-10(13(20)21)12(19)9-4-1-2-5-11(9)18/h1-2,4-5,8H,3,6-7H2,(H,20,21). The first-order chi connectivity index (χ1) is 9.79. The van der Waals surface area contributed by atoms with E-state index in [1.54, 1.807) is 18.2 Å². The van der Waals surface area contributed by atoms with Crippen LogP contribution >= 0.6 is 0 Å². The normalized spacial score (nSPS) is 11.8. The quantitative estimate of drug-likeness (QED) is 0.944. The number of hydrogen-bond acceptors (Lipinski definition) is 2. The molecule has 0 aliphatic heterocycles. The van der Waals surface area contributed by atoms with Crippen LogP contribution in [-0.2, 0) is 6.54 Å². The molecule has 2 rings (SSSR count). The minimum atomic E-state index is -4.26. The van der Waals surface area contributed by atoms with Gasteiger partial charge in [-0.15, -0.1) is 0 Å². The second kappa shape index (κ2) is 5.59. The van der Waals surface area contributed by atoms with Gasteiger partial charge in [0.1, 0.15) is 5.56 Å². The fourth-order valence-corrected chi connectivity index (χ4v) is 2.13. The van der Waals surface area contributed by atoms with Gasteiger partial charge in [0.25, 0.3) is 0 Å². The summed E-state index contributed by atoms with van der Waals surface area (Å²) in [4.78, 5) is 23.0. The highest BCUT2D eigenvalue weighted by molar-refractivity contribution is 5.92. The van der Waals surface area contributed by atoms with Gasteiger partial charge in [-0.2, -0.15) is 13.2 Å². The number of benzene rings is 1. The Labute approximate surface area is 117 Å². The van der Waals surface area contributed by atoms with Gasteiger partial charge in [-0.3, -0.25) is 4.79 Å². The SMILES string of the molecule is O=C(O)c1cn(CCCC(F)(F)F)c2ccccc2c1=O. The van der Waals surface area contributed by atoms with Gasteiger partial charge in [0.15, 0.2) is 0 Å². The van der Waals surface area contributed by atoms with Crippen LogP contribution in [0.2, 0.25) is 0 Å². The van der Waals surface area contributed by atoms with Crippen molar-refractivity contribution in [3.05, 3.63) is 46.2 Å². The third-order valence-electron chi connectivity index (χ3n) is 3.08. The van der Waals surface area contributed by atoms with Gasteiger partial charge in [-0.05, 0) is 18.6 Å². The first-order valence-electron chi connectivity index (χ1n) is 6.22. The number of carboxylic acid groups (broad SMARTS) is 1. The maximum Gasteiger partial charge on any atom is 0.389 e. The van der Waals surface area contributed by atoms with Crippen LogP contribution in [-0.4, -0.2) is 21.8 Å². The van der Waals surface area contributed by atoms with Crippen LogP contribution in [0.25, 0.3) is 10.9 Å². The number of fused-ring (bicyclic) bond motifs is 1. The molecule has 112 valence electrons. The van der Waals surface area contributed by atoms with Crippen LogP contribution in [0.1, 0.15) is 23.2 Å². The Kier molecular flexibility index (Phi) is 4.02. The molecule has 0 spiro atoms. The molecule has 2 aromatic rings. The molecular formula is C14H12F3NO3. The van der Waals surface area contributed by atoms with Crippen molar-refractivity contribution >= 4 is 16.9 Å². The van der Waals surface area contributed by atoms with Crippen molar-refractivity contribution in [3.63, 3.8) is 0 Å². The molecule has 1 N–H and O–H groups in total. The lowest BCUT2D eigenvalue weighted by atomic mass is 10.1. The van der Waals surface area contributed by atoms with Crippen molar-refractivity contribution in [2.24, 2.45) is 0 Å². The van der Waals surface area contributed by atoms with Gasteiger partial charge in [0.2, 0.25) is 5.43 Å². The van der Waals surface area contributed by atoms with Crippen LogP contribution in [0.3, 0.4) is 0 Å². The number of carboxylic acids is 1. The predicted molar refractivity (Wildman–Crippen MR) is 70.5 cm³/mol. The summed E-state index contributed by atoms with van der Waals surface area (Å²) in [5.74, 6) is -1.39. The number of rotatable bonds is 4. The average Bonchev–Trinajstić information content (AvgIpc) is 2.40. The van der Waals surface area contributed by atoms with Crippen molar-refractivity contribution in [2.45, 2.75) is 25.6 Å². The summed E-state index contributed by atoms with van der Waals surface area (Å²) in [5, 5.41) is 9.20. The van der Waals surface area contributed by atoms with Gasteiger partial charge in [0.05, 0.1) is 5.52 Å². The largest absolute Gasteiger partial charge is 0.477 e. The molecule has 0 radical (unpaired) electrons. The van der Waals surface area contributed by atoms with Crippen molar-refractivity contribution in [2.75, 3.05) is 0 Å². The second-order valence-corrected chi connectivity index (χ2v) is 4.61. The number of aromatic nitrogens is 1. The lowest BCUT2D eigenvalue weighted by molar-refractivity contribution is -0.135. The fourth-order valence-electron chi connectivity index (χ4n) is 2.13. The number of carbonyl (C=O) groups is 1. The minimum absolute atomic E-state index is 0.0133. The van der Waals surface area contributed by atoms with E-state index in [1.807, 2.05) is 0 Å². The molecule has 0 aliphatic rings. The molecule has 7 heteroatoms. The maximum atomic E-state index is 12.2. The van der Waals surface area contributed by atoms with Crippen molar-refractivity contribution in [1.29, 1.82) is 0 Å². The molecule has 0 amide bonds. The summed E-state index contributed by atoms with van der Waals surface area (Å²) in [6.07, 6.45) is -4.31. The van der Waals surface area contributed by atoms with Crippen molar-refractivity contribution < 1.29 is 23.1 Å². The molecule has 1 aromatic carbocycles. The molecule has 0 fully saturated rings. The van der Waals surface area contributed by atoms with Gasteiger partial charge in [-0.25, -0.2) is 4.79 Å². The molecule has 0 unspecified atom stereocenters. The van der Waals surface area contributed by atoms with Crippen molar-refractivity contribution in [3.8, 4) is 0 Å². The van der Waals surface area contributed by atoms with E-state index in [2.05, 4.69) is 0 Å². The van der Waals surface area contributed by atoms with Crippen LogP contribution < -0.4 is 5.43 Å². The zero-order chi connectivity index (χ0) is 15.6. The monoisotopic (exact) mass is 299 g/mol. The summed E-state index contributed by atoms with van der Waals surface area (Å²) in [6.45, 7) is -0.0133. The highest BCUT2D eigenvalue weighted by atomic mass is 19.4. The number of nitrogens with zero attached hydrogens (tertiary/aromatic N) is 1. The van der Waals surface area contributed by atoms with Crippen molar-refractivity contribution in [1.82, 2.24) is 4.57 Å². The van der Waals surface area contributed by atoms with Crippen LogP contribution in [0.15, 0.2) is 35.3 Å². The maximum absolute atomic E-state index is 12.2. The minimum Gasteiger partial charge on any atom is -0.477 e. The third-order valence-corrected chi connectivity index (χ3v) is 3.08. The van der Waals surface area contributed by atoms with Gasteiger partial charge >= 0.3 is 12.1 Å². The molecule has 0 atom stereocenters. The Morgan fingerprint density at radius 3 is 2.52 bits per heavy atom. The van der Waals surface area contributed by atoms with Gasteiger partial charge in [0, 0.05) is 24.5 Å². The second-order valence-electron chi connectivity index (χ2n) is 4.61. The molecule has 1 aromatic heterocycles.